The van der Waals surface area contributed by atoms with Gasteiger partial charge in [0.2, 0.25) is 0 Å². The summed E-state index contributed by atoms with van der Waals surface area (Å²) in [6.45, 7) is 2.21. The Kier molecular flexibility index (Phi) is 6.03. The Morgan fingerprint density at radius 3 is 2.55 bits per heavy atom. The van der Waals surface area contributed by atoms with Crippen molar-refractivity contribution in [3.05, 3.63) is 83.2 Å². The first kappa shape index (κ1) is 21.0. The monoisotopic (exact) mass is 419 g/mol. The van der Waals surface area contributed by atoms with E-state index in [-0.39, 0.29) is 17.5 Å². The summed E-state index contributed by atoms with van der Waals surface area (Å²) in [5.41, 5.74) is 2.70. The maximum Gasteiger partial charge on any atom is 0.407 e. The zero-order chi connectivity index (χ0) is 22.0. The van der Waals surface area contributed by atoms with Gasteiger partial charge in [-0.3, -0.25) is 4.79 Å². The molecule has 0 spiro atoms. The van der Waals surface area contributed by atoms with Crippen LogP contribution in [0.5, 0.6) is 0 Å². The quantitative estimate of drug-likeness (QED) is 0.514. The van der Waals surface area contributed by atoms with E-state index in [0.717, 1.165) is 34.9 Å². The molecule has 2 atom stereocenters. The van der Waals surface area contributed by atoms with Crippen molar-refractivity contribution >= 4 is 22.6 Å². The van der Waals surface area contributed by atoms with Crippen LogP contribution in [0.1, 0.15) is 53.7 Å². The van der Waals surface area contributed by atoms with E-state index in [0.29, 0.717) is 24.8 Å². The van der Waals surface area contributed by atoms with E-state index in [4.69, 9.17) is 0 Å². The van der Waals surface area contributed by atoms with Gasteiger partial charge in [0.05, 0.1) is 6.04 Å². The van der Waals surface area contributed by atoms with E-state index in [1.165, 1.54) is 11.0 Å². The molecule has 5 heteroatoms. The van der Waals surface area contributed by atoms with Crippen molar-refractivity contribution in [1.82, 2.24) is 4.90 Å². The molecule has 0 saturated heterocycles. The number of fused-ring (bicyclic) bond motifs is 2. The second-order valence-electron chi connectivity index (χ2n) is 8.33. The molecule has 1 aliphatic carbocycles. The third-order valence-corrected chi connectivity index (χ3v) is 6.38. The molecule has 0 radical (unpaired) electrons. The average molecular weight is 419 g/mol. The highest BCUT2D eigenvalue weighted by atomic mass is 19.1. The SMILES string of the molecule is C[C@H](c1ccc(F)c2ccccc12)N(CCCC1CC(=O)c2ccccc2C1)C(=O)O. The fourth-order valence-electron chi connectivity index (χ4n) is 4.75. The molecule has 3 aromatic carbocycles. The van der Waals surface area contributed by atoms with Crippen LogP contribution in [0.4, 0.5) is 9.18 Å². The Morgan fingerprint density at radius 1 is 1.06 bits per heavy atom. The van der Waals surface area contributed by atoms with Gasteiger partial charge in [0, 0.05) is 23.9 Å². The maximum absolute atomic E-state index is 14.2. The number of carboxylic acid groups (broad SMARTS) is 1. The van der Waals surface area contributed by atoms with Crippen LogP contribution in [0.2, 0.25) is 0 Å². The summed E-state index contributed by atoms with van der Waals surface area (Å²) < 4.78 is 14.2. The Hall–Kier alpha value is -3.21. The molecule has 4 rings (SSSR count). The van der Waals surface area contributed by atoms with Crippen molar-refractivity contribution in [2.75, 3.05) is 6.54 Å². The van der Waals surface area contributed by atoms with E-state index < -0.39 is 12.1 Å². The van der Waals surface area contributed by atoms with Gasteiger partial charge >= 0.3 is 6.09 Å². The van der Waals surface area contributed by atoms with Crippen molar-refractivity contribution in [3.8, 4) is 0 Å². The van der Waals surface area contributed by atoms with Crippen LogP contribution in [0, 0.1) is 11.7 Å². The Labute approximate surface area is 181 Å². The van der Waals surface area contributed by atoms with Gasteiger partial charge in [-0.1, -0.05) is 54.6 Å². The second kappa shape index (κ2) is 8.88. The predicted molar refractivity (Wildman–Crippen MR) is 119 cm³/mol. The highest BCUT2D eigenvalue weighted by Crippen LogP contribution is 2.32. The number of Topliss-reactive ketones (excluding diaryl/α,β-unsaturated/α-hetero) is 1. The third kappa shape index (κ3) is 4.31. The van der Waals surface area contributed by atoms with Crippen molar-refractivity contribution < 1.29 is 19.1 Å². The second-order valence-corrected chi connectivity index (χ2v) is 8.33. The summed E-state index contributed by atoms with van der Waals surface area (Å²) in [4.78, 5) is 25.8. The molecule has 1 aliphatic rings. The smallest absolute Gasteiger partial charge is 0.407 e. The van der Waals surface area contributed by atoms with Crippen LogP contribution in [-0.4, -0.2) is 28.4 Å². The molecule has 0 fully saturated rings. The van der Waals surface area contributed by atoms with Crippen molar-refractivity contribution in [2.24, 2.45) is 5.92 Å². The molecule has 1 unspecified atom stereocenters. The molecule has 0 aromatic heterocycles. The summed E-state index contributed by atoms with van der Waals surface area (Å²) in [6, 6.07) is 17.6. The van der Waals surface area contributed by atoms with Gasteiger partial charge < -0.3 is 10.0 Å². The fraction of sp³-hybridized carbons (Fsp3) is 0.308. The lowest BCUT2D eigenvalue weighted by atomic mass is 9.81. The lowest BCUT2D eigenvalue weighted by Crippen LogP contribution is -2.33. The zero-order valence-electron chi connectivity index (χ0n) is 17.6. The van der Waals surface area contributed by atoms with Crippen LogP contribution < -0.4 is 0 Å². The molecule has 31 heavy (non-hydrogen) atoms. The number of hydrogen-bond acceptors (Lipinski definition) is 2. The molecule has 0 bridgehead atoms. The lowest BCUT2D eigenvalue weighted by Gasteiger charge is -2.29. The maximum atomic E-state index is 14.2. The number of nitrogens with zero attached hydrogens (tertiary/aromatic N) is 1. The van der Waals surface area contributed by atoms with Gasteiger partial charge in [-0.05, 0) is 54.7 Å². The first-order chi connectivity index (χ1) is 15.0. The minimum absolute atomic E-state index is 0.174. The number of hydrogen-bond donors (Lipinski definition) is 1. The molecule has 3 aromatic rings. The van der Waals surface area contributed by atoms with Crippen LogP contribution in [-0.2, 0) is 6.42 Å². The number of rotatable bonds is 6. The largest absolute Gasteiger partial charge is 0.465 e. The number of amides is 1. The molecule has 0 heterocycles. The van der Waals surface area contributed by atoms with Gasteiger partial charge in [-0.15, -0.1) is 0 Å². The predicted octanol–water partition coefficient (Wildman–Crippen LogP) is 6.25. The van der Waals surface area contributed by atoms with E-state index in [9.17, 15) is 19.1 Å². The summed E-state index contributed by atoms with van der Waals surface area (Å²) in [7, 11) is 0. The molecule has 0 saturated carbocycles. The van der Waals surface area contributed by atoms with E-state index in [2.05, 4.69) is 0 Å². The van der Waals surface area contributed by atoms with Crippen LogP contribution >= 0.6 is 0 Å². The summed E-state index contributed by atoms with van der Waals surface area (Å²) in [6.07, 6.45) is 1.84. The Balaban J connectivity index is 1.45. The third-order valence-electron chi connectivity index (χ3n) is 6.38. The molecule has 160 valence electrons. The van der Waals surface area contributed by atoms with Gasteiger partial charge in [-0.2, -0.15) is 0 Å². The number of ketones is 1. The minimum atomic E-state index is -0.994. The molecule has 0 aliphatic heterocycles. The topological polar surface area (TPSA) is 57.6 Å². The molecule has 4 nitrogen and oxygen atoms in total. The minimum Gasteiger partial charge on any atom is -0.465 e. The van der Waals surface area contributed by atoms with E-state index in [1.54, 1.807) is 18.2 Å². The zero-order valence-corrected chi connectivity index (χ0v) is 17.6. The van der Waals surface area contributed by atoms with E-state index >= 15 is 0 Å². The van der Waals surface area contributed by atoms with Crippen LogP contribution in [0.3, 0.4) is 0 Å². The number of benzene rings is 3. The molecule has 1 N–H and O–H groups in total. The Bertz CT molecular complexity index is 1130. The molecule has 1 amide bonds. The van der Waals surface area contributed by atoms with Gasteiger partial charge in [0.15, 0.2) is 5.78 Å². The average Bonchev–Trinajstić information content (AvgIpc) is 2.76. The number of carbonyl (C=O) groups excluding carboxylic acids is 1. The van der Waals surface area contributed by atoms with Gasteiger partial charge in [0.1, 0.15) is 5.82 Å². The summed E-state index contributed by atoms with van der Waals surface area (Å²) in [5, 5.41) is 11.1. The van der Waals surface area contributed by atoms with Gasteiger partial charge in [0.25, 0.3) is 0 Å². The van der Waals surface area contributed by atoms with Crippen LogP contribution in [0.15, 0.2) is 60.7 Å². The summed E-state index contributed by atoms with van der Waals surface area (Å²) >= 11 is 0. The normalized spacial score (nSPS) is 16.7. The van der Waals surface area contributed by atoms with E-state index in [1.807, 2.05) is 43.3 Å². The lowest BCUT2D eigenvalue weighted by molar-refractivity contribution is 0.0940. The molecular formula is C26H26FNO3. The Morgan fingerprint density at radius 2 is 1.77 bits per heavy atom. The van der Waals surface area contributed by atoms with Crippen molar-refractivity contribution in [3.63, 3.8) is 0 Å². The van der Waals surface area contributed by atoms with Gasteiger partial charge in [-0.25, -0.2) is 9.18 Å². The van der Waals surface area contributed by atoms with Crippen molar-refractivity contribution in [1.29, 1.82) is 0 Å². The summed E-state index contributed by atoms with van der Waals surface area (Å²) in [5.74, 6) is 0.101. The van der Waals surface area contributed by atoms with Crippen LogP contribution in [0.25, 0.3) is 10.8 Å². The number of carbonyl (C=O) groups is 2. The highest BCUT2D eigenvalue weighted by molar-refractivity contribution is 5.98. The number of halogens is 1. The first-order valence-corrected chi connectivity index (χ1v) is 10.7. The molecular weight excluding hydrogens is 393 g/mol. The standard InChI is InChI=1S/C26H26FNO3/c1-17(20-12-13-24(27)23-11-5-4-10-22(20)23)28(26(30)31)14-6-7-18-15-19-8-2-3-9-21(19)25(29)16-18/h2-5,8-13,17-18H,6-7,14-16H2,1H3,(H,30,31)/t17-,18?/m1/s1. The highest BCUT2D eigenvalue weighted by Gasteiger charge is 2.26. The first-order valence-electron chi connectivity index (χ1n) is 10.7. The fourth-order valence-corrected chi connectivity index (χ4v) is 4.75. The van der Waals surface area contributed by atoms with Crippen molar-refractivity contribution in [2.45, 2.75) is 38.6 Å².